The summed E-state index contributed by atoms with van der Waals surface area (Å²) in [6.07, 6.45) is 1.78. The average molecular weight is 352 g/mol. The SMILES string of the molecule is CC(C)Cc1nnc(NC(=O)CCCNC(=O)c2ccsc2)s1. The Bertz CT molecular complexity index is 638. The quantitative estimate of drug-likeness (QED) is 0.716. The van der Waals surface area contributed by atoms with Crippen LogP contribution >= 0.6 is 22.7 Å². The highest BCUT2D eigenvalue weighted by Gasteiger charge is 2.10. The van der Waals surface area contributed by atoms with Crippen LogP contribution in [-0.4, -0.2) is 28.6 Å². The minimum absolute atomic E-state index is 0.103. The molecule has 0 aliphatic carbocycles. The summed E-state index contributed by atoms with van der Waals surface area (Å²) < 4.78 is 0. The Morgan fingerprint density at radius 1 is 1.30 bits per heavy atom. The zero-order valence-corrected chi connectivity index (χ0v) is 14.8. The van der Waals surface area contributed by atoms with Gasteiger partial charge in [-0.2, -0.15) is 11.3 Å². The third kappa shape index (κ3) is 6.07. The fraction of sp³-hybridized carbons (Fsp3) is 0.467. The van der Waals surface area contributed by atoms with E-state index in [-0.39, 0.29) is 11.8 Å². The number of aromatic nitrogens is 2. The highest BCUT2D eigenvalue weighted by atomic mass is 32.1. The topological polar surface area (TPSA) is 84.0 Å². The van der Waals surface area contributed by atoms with E-state index in [0.717, 1.165) is 11.4 Å². The van der Waals surface area contributed by atoms with Crippen LogP contribution in [0.15, 0.2) is 16.8 Å². The summed E-state index contributed by atoms with van der Waals surface area (Å²) in [5.41, 5.74) is 0.658. The molecule has 0 aromatic carbocycles. The van der Waals surface area contributed by atoms with Gasteiger partial charge >= 0.3 is 0 Å². The van der Waals surface area contributed by atoms with Crippen molar-refractivity contribution >= 4 is 39.6 Å². The van der Waals surface area contributed by atoms with Gasteiger partial charge in [0.05, 0.1) is 0 Å². The van der Waals surface area contributed by atoms with Crippen molar-refractivity contribution in [2.45, 2.75) is 33.1 Å². The predicted molar refractivity (Wildman–Crippen MR) is 93.0 cm³/mol. The molecule has 0 fully saturated rings. The first-order valence-electron chi connectivity index (χ1n) is 7.47. The third-order valence-corrected chi connectivity index (χ3v) is 4.49. The molecular weight excluding hydrogens is 332 g/mol. The number of hydrogen-bond donors (Lipinski definition) is 2. The molecule has 23 heavy (non-hydrogen) atoms. The van der Waals surface area contributed by atoms with E-state index in [9.17, 15) is 9.59 Å². The van der Waals surface area contributed by atoms with Gasteiger partial charge in [-0.15, -0.1) is 10.2 Å². The lowest BCUT2D eigenvalue weighted by molar-refractivity contribution is -0.116. The van der Waals surface area contributed by atoms with Crippen LogP contribution in [0.3, 0.4) is 0 Å². The molecule has 0 aliphatic rings. The Kier molecular flexibility index (Phi) is 6.66. The maximum absolute atomic E-state index is 11.8. The molecule has 2 N–H and O–H groups in total. The van der Waals surface area contributed by atoms with Crippen LogP contribution in [0.25, 0.3) is 0 Å². The van der Waals surface area contributed by atoms with E-state index in [0.29, 0.717) is 36.0 Å². The van der Waals surface area contributed by atoms with Crippen molar-refractivity contribution in [2.75, 3.05) is 11.9 Å². The van der Waals surface area contributed by atoms with Gasteiger partial charge in [-0.1, -0.05) is 25.2 Å². The van der Waals surface area contributed by atoms with Crippen LogP contribution in [0.5, 0.6) is 0 Å². The molecule has 2 rings (SSSR count). The first-order chi connectivity index (χ1) is 11.0. The summed E-state index contributed by atoms with van der Waals surface area (Å²) >= 11 is 2.89. The maximum atomic E-state index is 11.8. The number of thiophene rings is 1. The summed E-state index contributed by atoms with van der Waals surface area (Å²) in [6, 6.07) is 1.77. The Labute approximate surface area is 143 Å². The van der Waals surface area contributed by atoms with Crippen molar-refractivity contribution in [1.82, 2.24) is 15.5 Å². The molecule has 6 nitrogen and oxygen atoms in total. The zero-order valence-electron chi connectivity index (χ0n) is 13.2. The Morgan fingerprint density at radius 3 is 2.83 bits per heavy atom. The first-order valence-corrected chi connectivity index (χ1v) is 9.23. The number of carbonyl (C=O) groups excluding carboxylic acids is 2. The molecule has 0 spiro atoms. The molecule has 0 atom stereocenters. The average Bonchev–Trinajstić information content (AvgIpc) is 3.14. The van der Waals surface area contributed by atoms with E-state index in [1.54, 1.807) is 11.4 Å². The van der Waals surface area contributed by atoms with Gasteiger partial charge < -0.3 is 10.6 Å². The Hall–Kier alpha value is -1.80. The summed E-state index contributed by atoms with van der Waals surface area (Å²) in [5, 5.41) is 18.7. The fourth-order valence-corrected chi connectivity index (χ4v) is 3.47. The van der Waals surface area contributed by atoms with E-state index in [1.807, 2.05) is 5.38 Å². The summed E-state index contributed by atoms with van der Waals surface area (Å²) in [5.74, 6) is 0.300. The molecule has 2 aromatic rings. The normalized spacial score (nSPS) is 10.7. The lowest BCUT2D eigenvalue weighted by atomic mass is 10.1. The van der Waals surface area contributed by atoms with E-state index < -0.39 is 0 Å². The van der Waals surface area contributed by atoms with E-state index in [4.69, 9.17) is 0 Å². The number of anilines is 1. The van der Waals surface area contributed by atoms with Gasteiger partial charge in [-0.05, 0) is 23.8 Å². The minimum Gasteiger partial charge on any atom is -0.352 e. The number of nitrogens with zero attached hydrogens (tertiary/aromatic N) is 2. The van der Waals surface area contributed by atoms with E-state index >= 15 is 0 Å². The van der Waals surface area contributed by atoms with Crippen molar-refractivity contribution < 1.29 is 9.59 Å². The second-order valence-electron chi connectivity index (χ2n) is 5.52. The maximum Gasteiger partial charge on any atom is 0.252 e. The van der Waals surface area contributed by atoms with Crippen LogP contribution in [0.2, 0.25) is 0 Å². The van der Waals surface area contributed by atoms with Gasteiger partial charge in [0.15, 0.2) is 0 Å². The second-order valence-corrected chi connectivity index (χ2v) is 7.36. The standard InChI is InChI=1S/C15H20N4O2S2/c1-10(2)8-13-18-19-15(23-13)17-12(20)4-3-6-16-14(21)11-5-7-22-9-11/h5,7,9-10H,3-4,6,8H2,1-2H3,(H,16,21)(H,17,19,20). The molecule has 8 heteroatoms. The van der Waals surface area contributed by atoms with Gasteiger partial charge in [-0.3, -0.25) is 9.59 Å². The van der Waals surface area contributed by atoms with Crippen molar-refractivity contribution in [3.05, 3.63) is 27.4 Å². The Morgan fingerprint density at radius 2 is 2.13 bits per heavy atom. The van der Waals surface area contributed by atoms with Gasteiger partial charge in [-0.25, -0.2) is 0 Å². The number of hydrogen-bond acceptors (Lipinski definition) is 6. The van der Waals surface area contributed by atoms with Crippen LogP contribution in [0.4, 0.5) is 5.13 Å². The van der Waals surface area contributed by atoms with Crippen molar-refractivity contribution in [3.8, 4) is 0 Å². The van der Waals surface area contributed by atoms with Crippen LogP contribution in [0, 0.1) is 5.92 Å². The van der Waals surface area contributed by atoms with Gasteiger partial charge in [0.25, 0.3) is 5.91 Å². The molecule has 2 amide bonds. The van der Waals surface area contributed by atoms with Crippen LogP contribution in [-0.2, 0) is 11.2 Å². The molecule has 0 bridgehead atoms. The largest absolute Gasteiger partial charge is 0.352 e. The van der Waals surface area contributed by atoms with Gasteiger partial charge in [0.1, 0.15) is 5.01 Å². The number of carbonyl (C=O) groups is 2. The van der Waals surface area contributed by atoms with E-state index in [1.165, 1.54) is 22.7 Å². The molecule has 124 valence electrons. The molecule has 0 saturated heterocycles. The lowest BCUT2D eigenvalue weighted by Crippen LogP contribution is -2.25. The summed E-state index contributed by atoms with van der Waals surface area (Å²) in [7, 11) is 0. The van der Waals surface area contributed by atoms with Crippen molar-refractivity contribution in [3.63, 3.8) is 0 Å². The third-order valence-electron chi connectivity index (χ3n) is 2.95. The lowest BCUT2D eigenvalue weighted by Gasteiger charge is -2.03. The van der Waals surface area contributed by atoms with Crippen molar-refractivity contribution in [1.29, 1.82) is 0 Å². The summed E-state index contributed by atoms with van der Waals surface area (Å²) in [6.45, 7) is 4.70. The van der Waals surface area contributed by atoms with Gasteiger partial charge in [0, 0.05) is 30.3 Å². The van der Waals surface area contributed by atoms with E-state index in [2.05, 4.69) is 34.7 Å². The monoisotopic (exact) mass is 352 g/mol. The fourth-order valence-electron chi connectivity index (χ4n) is 1.86. The molecule has 0 radical (unpaired) electrons. The highest BCUT2D eigenvalue weighted by Crippen LogP contribution is 2.18. The molecule has 0 saturated carbocycles. The highest BCUT2D eigenvalue weighted by molar-refractivity contribution is 7.15. The molecule has 0 unspecified atom stereocenters. The molecular formula is C15H20N4O2S2. The van der Waals surface area contributed by atoms with Gasteiger partial charge in [0.2, 0.25) is 11.0 Å². The second kappa shape index (κ2) is 8.73. The van der Waals surface area contributed by atoms with Crippen LogP contribution < -0.4 is 10.6 Å². The van der Waals surface area contributed by atoms with Crippen LogP contribution in [0.1, 0.15) is 42.1 Å². The minimum atomic E-state index is -0.109. The smallest absolute Gasteiger partial charge is 0.252 e. The first kappa shape index (κ1) is 17.6. The molecule has 2 heterocycles. The number of rotatable bonds is 8. The molecule has 0 aliphatic heterocycles. The number of amides is 2. The molecule has 2 aromatic heterocycles. The predicted octanol–water partition coefficient (Wildman–Crippen LogP) is 2.95. The summed E-state index contributed by atoms with van der Waals surface area (Å²) in [4.78, 5) is 23.5. The zero-order chi connectivity index (χ0) is 16.7. The van der Waals surface area contributed by atoms with Crippen molar-refractivity contribution in [2.24, 2.45) is 5.92 Å². The number of nitrogens with one attached hydrogen (secondary N) is 2. The Balaban J connectivity index is 1.65.